The van der Waals surface area contributed by atoms with E-state index in [1.165, 1.54) is 6.20 Å². The Morgan fingerprint density at radius 1 is 1.44 bits per heavy atom. The molecule has 1 atom stereocenters. The molecule has 5 heteroatoms. The average Bonchev–Trinajstić information content (AvgIpc) is 2.28. The van der Waals surface area contributed by atoms with Crippen LogP contribution in [0.1, 0.15) is 19.0 Å². The van der Waals surface area contributed by atoms with Crippen molar-refractivity contribution in [2.75, 3.05) is 6.61 Å². The van der Waals surface area contributed by atoms with Crippen molar-refractivity contribution in [2.45, 2.75) is 32.2 Å². The summed E-state index contributed by atoms with van der Waals surface area (Å²) in [5, 5.41) is 0. The summed E-state index contributed by atoms with van der Waals surface area (Å²) >= 11 is 0. The number of alkyl halides is 2. The lowest BCUT2D eigenvalue weighted by atomic mass is 10.1. The third kappa shape index (κ3) is 4.53. The van der Waals surface area contributed by atoms with Gasteiger partial charge in [0.1, 0.15) is 12.4 Å². The summed E-state index contributed by atoms with van der Waals surface area (Å²) < 4.78 is 28.5. The highest BCUT2D eigenvalue weighted by molar-refractivity contribution is 5.20. The van der Waals surface area contributed by atoms with Gasteiger partial charge in [-0.15, -0.1) is 0 Å². The van der Waals surface area contributed by atoms with Crippen molar-refractivity contribution in [3.8, 4) is 5.75 Å². The number of hydrogen-bond acceptors (Lipinski definition) is 3. The van der Waals surface area contributed by atoms with Crippen LogP contribution in [0.5, 0.6) is 5.75 Å². The largest absolute Gasteiger partial charge is 0.486 e. The molecule has 90 valence electrons. The van der Waals surface area contributed by atoms with Crippen molar-refractivity contribution >= 4 is 0 Å². The van der Waals surface area contributed by atoms with Crippen LogP contribution in [0.4, 0.5) is 8.78 Å². The maximum absolute atomic E-state index is 11.9. The van der Waals surface area contributed by atoms with Crippen molar-refractivity contribution in [1.82, 2.24) is 4.98 Å². The number of rotatable bonds is 6. The monoisotopic (exact) mass is 230 g/mol. The first-order valence-corrected chi connectivity index (χ1v) is 5.23. The van der Waals surface area contributed by atoms with Crippen LogP contribution in [0.25, 0.3) is 0 Å². The molecule has 0 spiro atoms. The molecule has 1 aromatic rings. The fourth-order valence-electron chi connectivity index (χ4n) is 1.19. The van der Waals surface area contributed by atoms with Crippen molar-refractivity contribution in [3.05, 3.63) is 24.0 Å². The summed E-state index contributed by atoms with van der Waals surface area (Å²) in [6.07, 6.45) is 0.546. The van der Waals surface area contributed by atoms with Crippen LogP contribution in [0.15, 0.2) is 18.3 Å². The van der Waals surface area contributed by atoms with E-state index in [-0.39, 0.29) is 6.04 Å². The van der Waals surface area contributed by atoms with E-state index in [4.69, 9.17) is 10.5 Å². The first kappa shape index (κ1) is 12.8. The van der Waals surface area contributed by atoms with E-state index in [0.29, 0.717) is 12.2 Å². The number of nitrogens with zero attached hydrogens (tertiary/aromatic N) is 1. The molecular formula is C11H16F2N2O. The predicted octanol–water partition coefficient (Wildman–Crippen LogP) is 2.01. The fourth-order valence-corrected chi connectivity index (χ4v) is 1.19. The molecule has 2 N–H and O–H groups in total. The predicted molar refractivity (Wildman–Crippen MR) is 57.7 cm³/mol. The first-order chi connectivity index (χ1) is 7.61. The minimum absolute atomic E-state index is 0.0836. The molecule has 0 saturated carbocycles. The van der Waals surface area contributed by atoms with E-state index in [1.54, 1.807) is 12.1 Å². The number of ether oxygens (including phenoxy) is 1. The Morgan fingerprint density at radius 3 is 2.69 bits per heavy atom. The molecule has 3 nitrogen and oxygen atoms in total. The molecule has 0 amide bonds. The lowest BCUT2D eigenvalue weighted by Crippen LogP contribution is -2.21. The molecule has 1 aromatic heterocycles. The van der Waals surface area contributed by atoms with Crippen LogP contribution < -0.4 is 10.5 Å². The molecule has 0 aliphatic rings. The molecule has 0 saturated heterocycles. The summed E-state index contributed by atoms with van der Waals surface area (Å²) in [5.41, 5.74) is 6.62. The quantitative estimate of drug-likeness (QED) is 0.813. The molecule has 1 unspecified atom stereocenters. The van der Waals surface area contributed by atoms with Crippen LogP contribution in [0, 0.1) is 0 Å². The number of aromatic nitrogens is 1. The van der Waals surface area contributed by atoms with Crippen LogP contribution in [0.2, 0.25) is 0 Å². The van der Waals surface area contributed by atoms with Crippen molar-refractivity contribution in [1.29, 1.82) is 0 Å². The van der Waals surface area contributed by atoms with Crippen LogP contribution in [-0.2, 0) is 6.42 Å². The second-order valence-electron chi connectivity index (χ2n) is 3.56. The van der Waals surface area contributed by atoms with E-state index in [2.05, 4.69) is 4.98 Å². The normalized spacial score (nSPS) is 12.8. The molecule has 16 heavy (non-hydrogen) atoms. The van der Waals surface area contributed by atoms with Gasteiger partial charge in [0.25, 0.3) is 6.43 Å². The van der Waals surface area contributed by atoms with E-state index in [0.717, 1.165) is 12.1 Å². The van der Waals surface area contributed by atoms with Gasteiger partial charge in [0.15, 0.2) is 0 Å². The van der Waals surface area contributed by atoms with Gasteiger partial charge in [-0.25, -0.2) is 8.78 Å². The van der Waals surface area contributed by atoms with Crippen LogP contribution in [0.3, 0.4) is 0 Å². The average molecular weight is 230 g/mol. The van der Waals surface area contributed by atoms with E-state index in [1.807, 2.05) is 6.92 Å². The van der Waals surface area contributed by atoms with Gasteiger partial charge in [-0.05, 0) is 18.6 Å². The van der Waals surface area contributed by atoms with Gasteiger partial charge in [0, 0.05) is 18.2 Å². The second kappa shape index (κ2) is 6.37. The van der Waals surface area contributed by atoms with E-state index < -0.39 is 13.0 Å². The van der Waals surface area contributed by atoms with Gasteiger partial charge < -0.3 is 10.5 Å². The van der Waals surface area contributed by atoms with Gasteiger partial charge in [0.2, 0.25) is 0 Å². The smallest absolute Gasteiger partial charge is 0.272 e. The molecule has 0 fully saturated rings. The van der Waals surface area contributed by atoms with Crippen molar-refractivity contribution < 1.29 is 13.5 Å². The Kier molecular flexibility index (Phi) is 5.11. The van der Waals surface area contributed by atoms with Gasteiger partial charge >= 0.3 is 0 Å². The van der Waals surface area contributed by atoms with Crippen LogP contribution in [-0.4, -0.2) is 24.1 Å². The van der Waals surface area contributed by atoms with Crippen molar-refractivity contribution in [2.24, 2.45) is 5.73 Å². The number of pyridine rings is 1. The van der Waals surface area contributed by atoms with Gasteiger partial charge in [-0.1, -0.05) is 6.92 Å². The zero-order valence-electron chi connectivity index (χ0n) is 9.20. The summed E-state index contributed by atoms with van der Waals surface area (Å²) in [7, 11) is 0. The zero-order chi connectivity index (χ0) is 12.0. The van der Waals surface area contributed by atoms with Gasteiger partial charge in [-0.3, -0.25) is 4.98 Å². The van der Waals surface area contributed by atoms with E-state index >= 15 is 0 Å². The number of hydrogen-bond donors (Lipinski definition) is 1. The highest BCUT2D eigenvalue weighted by atomic mass is 19.3. The SMILES string of the molecule is CCC(N)Cc1ccc(OCC(F)F)cn1. The summed E-state index contributed by atoms with van der Waals surface area (Å²) in [4.78, 5) is 4.09. The van der Waals surface area contributed by atoms with Gasteiger partial charge in [0.05, 0.1) is 6.20 Å². The zero-order valence-corrected chi connectivity index (χ0v) is 9.20. The Balaban J connectivity index is 2.47. The molecule has 0 bridgehead atoms. The molecule has 1 rings (SSSR count). The van der Waals surface area contributed by atoms with Crippen molar-refractivity contribution in [3.63, 3.8) is 0 Å². The highest BCUT2D eigenvalue weighted by Gasteiger charge is 2.05. The topological polar surface area (TPSA) is 48.1 Å². The third-order valence-corrected chi connectivity index (χ3v) is 2.17. The maximum Gasteiger partial charge on any atom is 0.272 e. The molecule has 0 aliphatic heterocycles. The molecule has 0 radical (unpaired) electrons. The molecular weight excluding hydrogens is 214 g/mol. The summed E-state index contributed by atoms with van der Waals surface area (Å²) in [6.45, 7) is 1.40. The Bertz CT molecular complexity index is 303. The molecule has 0 aliphatic carbocycles. The van der Waals surface area contributed by atoms with E-state index in [9.17, 15) is 8.78 Å². The minimum atomic E-state index is -2.46. The summed E-state index contributed by atoms with van der Waals surface area (Å²) in [5.74, 6) is 0.356. The minimum Gasteiger partial charge on any atom is -0.486 e. The third-order valence-electron chi connectivity index (χ3n) is 2.17. The standard InChI is InChI=1S/C11H16F2N2O/c1-2-8(14)5-9-3-4-10(6-15-9)16-7-11(12)13/h3-4,6,8,11H,2,5,7,14H2,1H3. The molecule has 0 aromatic carbocycles. The lowest BCUT2D eigenvalue weighted by Gasteiger charge is -2.09. The van der Waals surface area contributed by atoms with Gasteiger partial charge in [-0.2, -0.15) is 0 Å². The molecule has 1 heterocycles. The summed E-state index contributed by atoms with van der Waals surface area (Å²) in [6, 6.07) is 3.46. The lowest BCUT2D eigenvalue weighted by molar-refractivity contribution is 0.0817. The number of nitrogens with two attached hydrogens (primary N) is 1. The Morgan fingerprint density at radius 2 is 2.19 bits per heavy atom. The Labute approximate surface area is 93.6 Å². The fraction of sp³-hybridized carbons (Fsp3) is 0.545. The second-order valence-corrected chi connectivity index (χ2v) is 3.56. The first-order valence-electron chi connectivity index (χ1n) is 5.23. The highest BCUT2D eigenvalue weighted by Crippen LogP contribution is 2.11. The maximum atomic E-state index is 11.9. The van der Waals surface area contributed by atoms with Crippen LogP contribution >= 0.6 is 0 Å². The Hall–Kier alpha value is -1.23. The number of halogens is 2.